The van der Waals surface area contributed by atoms with Crippen LogP contribution in [-0.4, -0.2) is 48.5 Å². The van der Waals surface area contributed by atoms with Crippen LogP contribution in [0.4, 0.5) is 16.2 Å². The maximum Gasteiger partial charge on any atom is 0.414 e. The smallest absolute Gasteiger partial charge is 0.414 e. The Kier molecular flexibility index (Phi) is 8.95. The Labute approximate surface area is 221 Å². The van der Waals surface area contributed by atoms with Crippen molar-refractivity contribution in [3.05, 3.63) is 36.2 Å². The van der Waals surface area contributed by atoms with Gasteiger partial charge >= 0.3 is 6.09 Å². The van der Waals surface area contributed by atoms with Gasteiger partial charge in [-0.3, -0.25) is 9.69 Å². The molecule has 0 spiro atoms. The lowest BCUT2D eigenvalue weighted by Gasteiger charge is -2.41. The molecular formula is C30H43N3O4. The van der Waals surface area contributed by atoms with Gasteiger partial charge in [0.25, 0.3) is 0 Å². The summed E-state index contributed by atoms with van der Waals surface area (Å²) < 4.78 is 13.5. The van der Waals surface area contributed by atoms with Crippen molar-refractivity contribution < 1.29 is 19.1 Å². The van der Waals surface area contributed by atoms with Crippen molar-refractivity contribution in [1.82, 2.24) is 4.57 Å². The molecule has 0 N–H and O–H groups in total. The summed E-state index contributed by atoms with van der Waals surface area (Å²) in [7, 11) is 0. The molecule has 2 amide bonds. The summed E-state index contributed by atoms with van der Waals surface area (Å²) in [6, 6.07) is 8.20. The highest BCUT2D eigenvalue weighted by atomic mass is 16.6. The Morgan fingerprint density at radius 1 is 1.03 bits per heavy atom. The van der Waals surface area contributed by atoms with Crippen molar-refractivity contribution in [3.63, 3.8) is 0 Å². The second-order valence-electron chi connectivity index (χ2n) is 10.8. The van der Waals surface area contributed by atoms with E-state index in [2.05, 4.69) is 36.7 Å². The van der Waals surface area contributed by atoms with E-state index in [1.807, 2.05) is 37.8 Å². The molecule has 1 aliphatic carbocycles. The molecule has 202 valence electrons. The van der Waals surface area contributed by atoms with Crippen molar-refractivity contribution in [2.75, 3.05) is 29.6 Å². The second kappa shape index (κ2) is 12.2. The first-order valence-electron chi connectivity index (χ1n) is 14.0. The molecule has 1 fully saturated rings. The number of hydrogen-bond acceptors (Lipinski definition) is 4. The molecular weight excluding hydrogens is 466 g/mol. The third kappa shape index (κ3) is 6.56. The van der Waals surface area contributed by atoms with Gasteiger partial charge in [-0.1, -0.05) is 13.0 Å². The predicted molar refractivity (Wildman–Crippen MR) is 148 cm³/mol. The fraction of sp³-hybridized carbons (Fsp3) is 0.600. The zero-order valence-electron chi connectivity index (χ0n) is 23.2. The third-order valence-corrected chi connectivity index (χ3v) is 7.12. The molecule has 2 heterocycles. The summed E-state index contributed by atoms with van der Waals surface area (Å²) in [4.78, 5) is 29.8. The van der Waals surface area contributed by atoms with E-state index in [0.29, 0.717) is 6.54 Å². The summed E-state index contributed by atoms with van der Waals surface area (Å²) >= 11 is 0. The van der Waals surface area contributed by atoms with E-state index < -0.39 is 0 Å². The van der Waals surface area contributed by atoms with Crippen LogP contribution in [0.5, 0.6) is 0 Å². The number of benzene rings is 1. The first-order valence-corrected chi connectivity index (χ1v) is 14.0. The van der Waals surface area contributed by atoms with E-state index in [0.717, 1.165) is 80.8 Å². The van der Waals surface area contributed by atoms with Crippen LogP contribution in [0, 0.1) is 12.8 Å². The van der Waals surface area contributed by atoms with Gasteiger partial charge in [0.1, 0.15) is 0 Å². The zero-order valence-corrected chi connectivity index (χ0v) is 23.2. The number of carbonyl (C=O) groups excluding carboxylic acids is 2. The predicted octanol–water partition coefficient (Wildman–Crippen LogP) is 6.56. The number of ether oxygens (including phenoxy) is 2. The van der Waals surface area contributed by atoms with Crippen molar-refractivity contribution in [2.24, 2.45) is 5.92 Å². The first-order chi connectivity index (χ1) is 17.8. The highest BCUT2D eigenvalue weighted by molar-refractivity contribution is 6.05. The van der Waals surface area contributed by atoms with Crippen LogP contribution in [-0.2, 0) is 20.8 Å². The fourth-order valence-corrected chi connectivity index (χ4v) is 5.03. The molecule has 0 bridgehead atoms. The number of carbonyl (C=O) groups is 2. The molecule has 0 unspecified atom stereocenters. The molecule has 1 aromatic carbocycles. The number of nitrogens with zero attached hydrogens (tertiary/aromatic N) is 3. The lowest BCUT2D eigenvalue weighted by molar-refractivity contribution is -0.120. The number of aromatic nitrogens is 1. The van der Waals surface area contributed by atoms with Gasteiger partial charge in [-0.15, -0.1) is 0 Å². The monoisotopic (exact) mass is 509 g/mol. The van der Waals surface area contributed by atoms with Crippen molar-refractivity contribution in [2.45, 2.75) is 91.8 Å². The van der Waals surface area contributed by atoms with E-state index >= 15 is 0 Å². The van der Waals surface area contributed by atoms with Gasteiger partial charge in [-0.2, -0.15) is 0 Å². The maximum atomic E-state index is 13.2. The Morgan fingerprint density at radius 3 is 2.51 bits per heavy atom. The lowest BCUT2D eigenvalue weighted by atomic mass is 10.0. The topological polar surface area (TPSA) is 64.0 Å². The normalized spacial score (nSPS) is 17.3. The number of fused-ring (bicyclic) bond motifs is 1. The molecule has 1 aliphatic heterocycles. The molecule has 0 radical (unpaired) electrons. The standard InChI is InChI=1S/C30H43N3O4/c1-6-15-36-16-9-7-8-14-31-20-26(17-22(31)4)25-12-13-27-28(18-25)32(30(35)37-21(2)3)19-23(5)33(27)29(34)24-10-11-24/h12-13,17-18,20-21,23-24H,6-11,14-16,19H2,1-5H3/t23-/m0/s1. The van der Waals surface area contributed by atoms with Crippen LogP contribution in [0.25, 0.3) is 11.1 Å². The molecule has 37 heavy (non-hydrogen) atoms. The van der Waals surface area contributed by atoms with Crippen molar-refractivity contribution in [1.29, 1.82) is 0 Å². The number of unbranched alkanes of at least 4 members (excludes halogenated alkanes) is 2. The average Bonchev–Trinajstić information content (AvgIpc) is 3.65. The minimum atomic E-state index is -0.365. The molecule has 2 aromatic rings. The molecule has 1 saturated carbocycles. The van der Waals surface area contributed by atoms with Crippen molar-refractivity contribution in [3.8, 4) is 11.1 Å². The summed E-state index contributed by atoms with van der Waals surface area (Å²) in [5, 5.41) is 0. The Hall–Kier alpha value is -2.80. The summed E-state index contributed by atoms with van der Waals surface area (Å²) in [5.41, 5.74) is 4.89. The van der Waals surface area contributed by atoms with Crippen LogP contribution in [0.2, 0.25) is 0 Å². The van der Waals surface area contributed by atoms with E-state index in [9.17, 15) is 9.59 Å². The van der Waals surface area contributed by atoms with Crippen LogP contribution in [0.3, 0.4) is 0 Å². The van der Waals surface area contributed by atoms with Gasteiger partial charge in [0.15, 0.2) is 0 Å². The van der Waals surface area contributed by atoms with E-state index in [1.54, 1.807) is 4.90 Å². The highest BCUT2D eigenvalue weighted by Gasteiger charge is 2.41. The largest absolute Gasteiger partial charge is 0.446 e. The number of hydrogen-bond donors (Lipinski definition) is 0. The fourth-order valence-electron chi connectivity index (χ4n) is 5.03. The maximum absolute atomic E-state index is 13.2. The average molecular weight is 510 g/mol. The Morgan fingerprint density at radius 2 is 1.81 bits per heavy atom. The van der Waals surface area contributed by atoms with Gasteiger partial charge in [-0.05, 0) is 95.5 Å². The SMILES string of the molecule is CCCOCCCCCn1cc(-c2ccc3c(c2)N(C(=O)OC(C)C)C[C@H](C)N3C(=O)C2CC2)cc1C. The quantitative estimate of drug-likeness (QED) is 0.322. The molecule has 7 nitrogen and oxygen atoms in total. The lowest BCUT2D eigenvalue weighted by Crippen LogP contribution is -2.52. The van der Waals surface area contributed by atoms with Crippen LogP contribution < -0.4 is 9.80 Å². The van der Waals surface area contributed by atoms with Crippen LogP contribution in [0.1, 0.15) is 71.9 Å². The van der Waals surface area contributed by atoms with E-state index in [-0.39, 0.29) is 30.1 Å². The Balaban J connectivity index is 1.55. The minimum absolute atomic E-state index is 0.109. The second-order valence-corrected chi connectivity index (χ2v) is 10.8. The van der Waals surface area contributed by atoms with Gasteiger partial charge in [-0.25, -0.2) is 4.79 Å². The molecule has 1 aromatic heterocycles. The van der Waals surface area contributed by atoms with Gasteiger partial charge in [0.05, 0.1) is 23.5 Å². The van der Waals surface area contributed by atoms with Gasteiger partial charge in [0, 0.05) is 44.1 Å². The van der Waals surface area contributed by atoms with Crippen molar-refractivity contribution >= 4 is 23.4 Å². The minimum Gasteiger partial charge on any atom is -0.446 e. The number of anilines is 2. The third-order valence-electron chi connectivity index (χ3n) is 7.12. The molecule has 4 rings (SSSR count). The van der Waals surface area contributed by atoms with Gasteiger partial charge < -0.3 is 18.9 Å². The zero-order chi connectivity index (χ0) is 26.5. The van der Waals surface area contributed by atoms with Gasteiger partial charge in [0.2, 0.25) is 5.91 Å². The summed E-state index contributed by atoms with van der Waals surface area (Å²) in [5.74, 6) is 0.277. The first kappa shape index (κ1) is 27.2. The van der Waals surface area contributed by atoms with E-state index in [1.165, 1.54) is 5.69 Å². The van der Waals surface area contributed by atoms with Crippen LogP contribution >= 0.6 is 0 Å². The molecule has 0 saturated heterocycles. The summed E-state index contributed by atoms with van der Waals surface area (Å²) in [6.07, 6.45) is 7.93. The number of rotatable bonds is 11. The Bertz CT molecular complexity index is 1090. The highest BCUT2D eigenvalue weighted by Crippen LogP contribution is 2.42. The molecule has 1 atom stereocenters. The number of amides is 2. The van der Waals surface area contributed by atoms with Crippen LogP contribution in [0.15, 0.2) is 30.5 Å². The molecule has 7 heteroatoms. The molecule has 2 aliphatic rings. The summed E-state index contributed by atoms with van der Waals surface area (Å²) in [6.45, 7) is 13.1. The number of aryl methyl sites for hydroxylation is 2. The van der Waals surface area contributed by atoms with E-state index in [4.69, 9.17) is 9.47 Å².